The van der Waals surface area contributed by atoms with Gasteiger partial charge in [0.15, 0.2) is 0 Å². The molecule has 5 heteroatoms. The summed E-state index contributed by atoms with van der Waals surface area (Å²) in [6.45, 7) is 6.66. The maximum Gasteiger partial charge on any atom is 0.137 e. The molecule has 0 N–H and O–H groups in total. The van der Waals surface area contributed by atoms with Gasteiger partial charge >= 0.3 is 0 Å². The molecule has 136 valence electrons. The summed E-state index contributed by atoms with van der Waals surface area (Å²) in [5.41, 5.74) is 0.986. The molecule has 4 heterocycles. The van der Waals surface area contributed by atoms with E-state index in [-0.39, 0.29) is 6.10 Å². The lowest BCUT2D eigenvalue weighted by molar-refractivity contribution is 0.228. The Hall–Kier alpha value is -1.78. The van der Waals surface area contributed by atoms with Crippen molar-refractivity contribution in [3.05, 3.63) is 33.7 Å². The zero-order chi connectivity index (χ0) is 17.7. The van der Waals surface area contributed by atoms with E-state index in [1.165, 1.54) is 24.6 Å². The van der Waals surface area contributed by atoms with E-state index in [2.05, 4.69) is 22.8 Å². The molecular weight excluding hydrogens is 346 g/mol. The Balaban J connectivity index is 1.69. The predicted octanol–water partition coefficient (Wildman–Crippen LogP) is 2.50. The van der Waals surface area contributed by atoms with E-state index in [1.807, 2.05) is 24.5 Å². The lowest BCUT2D eigenvalue weighted by atomic mass is 10.1. The number of anilines is 1. The fourth-order valence-electron chi connectivity index (χ4n) is 4.57. The van der Waals surface area contributed by atoms with Crippen molar-refractivity contribution in [1.82, 2.24) is 9.88 Å². The molecule has 2 fully saturated rings. The van der Waals surface area contributed by atoms with Gasteiger partial charge in [-0.2, -0.15) is 0 Å². The Labute approximate surface area is 158 Å². The second kappa shape index (κ2) is 6.43. The van der Waals surface area contributed by atoms with Crippen LogP contribution in [0.5, 0.6) is 0 Å². The average molecular weight is 370 g/mol. The van der Waals surface area contributed by atoms with Gasteiger partial charge in [0.1, 0.15) is 11.9 Å². The Kier molecular flexibility index (Phi) is 4.06. The van der Waals surface area contributed by atoms with Gasteiger partial charge in [0.2, 0.25) is 0 Å². The number of aromatic nitrogens is 1. The number of benzene rings is 1. The molecule has 0 radical (unpaired) electrons. The van der Waals surface area contributed by atoms with E-state index in [9.17, 15) is 0 Å². The standard InChI is InChI=1S/C21H24ClN3O/c1-2-16-11-18-19(13-26-16)17-10-14(22)5-6-20(17)23-21(18)25-9-8-24-7-3-4-15(24)12-25/h5-6,10-11,13,15-16H,2-4,7-9,12H2,1H3. The maximum atomic E-state index is 6.26. The molecule has 3 aliphatic heterocycles. The van der Waals surface area contributed by atoms with Crippen molar-refractivity contribution in [2.24, 2.45) is 0 Å². The highest BCUT2D eigenvalue weighted by Crippen LogP contribution is 2.24. The topological polar surface area (TPSA) is 28.6 Å². The minimum absolute atomic E-state index is 0.118. The SMILES string of the molecule is CCC1C=c2c(N3CCN4CCCC4C3)nc3ccc(Cl)cc3c2=CO1. The van der Waals surface area contributed by atoms with Crippen LogP contribution >= 0.6 is 11.6 Å². The fraction of sp³-hybridized carbons (Fsp3) is 0.476. The lowest BCUT2D eigenvalue weighted by Crippen LogP contribution is -2.52. The van der Waals surface area contributed by atoms with Gasteiger partial charge in [-0.3, -0.25) is 4.90 Å². The van der Waals surface area contributed by atoms with Gasteiger partial charge < -0.3 is 9.64 Å². The molecule has 0 bridgehead atoms. The molecule has 1 aromatic carbocycles. The molecule has 2 aromatic rings. The maximum absolute atomic E-state index is 6.26. The van der Waals surface area contributed by atoms with Crippen molar-refractivity contribution in [3.8, 4) is 0 Å². The number of ether oxygens (including phenoxy) is 1. The van der Waals surface area contributed by atoms with E-state index in [1.54, 1.807) is 0 Å². The first-order valence-corrected chi connectivity index (χ1v) is 10.1. The molecule has 3 aliphatic rings. The zero-order valence-electron chi connectivity index (χ0n) is 15.1. The minimum Gasteiger partial charge on any atom is -0.493 e. The van der Waals surface area contributed by atoms with E-state index in [4.69, 9.17) is 21.3 Å². The fourth-order valence-corrected chi connectivity index (χ4v) is 4.74. The highest BCUT2D eigenvalue weighted by Gasteiger charge is 2.31. The number of nitrogens with zero attached hydrogens (tertiary/aromatic N) is 3. The first kappa shape index (κ1) is 16.4. The average Bonchev–Trinajstić information content (AvgIpc) is 3.14. The summed E-state index contributed by atoms with van der Waals surface area (Å²) in [6, 6.07) is 6.62. The van der Waals surface area contributed by atoms with Gasteiger partial charge in [-0.05, 0) is 50.1 Å². The van der Waals surface area contributed by atoms with E-state index < -0.39 is 0 Å². The molecule has 2 atom stereocenters. The molecule has 0 aliphatic carbocycles. The summed E-state index contributed by atoms with van der Waals surface area (Å²) in [4.78, 5) is 10.2. The van der Waals surface area contributed by atoms with E-state index >= 15 is 0 Å². The molecule has 1 aromatic heterocycles. The zero-order valence-corrected chi connectivity index (χ0v) is 15.9. The summed E-state index contributed by atoms with van der Waals surface area (Å²) in [7, 11) is 0. The van der Waals surface area contributed by atoms with E-state index in [0.29, 0.717) is 6.04 Å². The largest absolute Gasteiger partial charge is 0.493 e. The number of halogens is 1. The third-order valence-corrected chi connectivity index (χ3v) is 6.24. The molecule has 2 unspecified atom stereocenters. The van der Waals surface area contributed by atoms with Crippen LogP contribution in [0.25, 0.3) is 23.2 Å². The van der Waals surface area contributed by atoms with Crippen molar-refractivity contribution < 1.29 is 4.74 Å². The second-order valence-corrected chi connectivity index (χ2v) is 8.01. The van der Waals surface area contributed by atoms with Crippen LogP contribution in [0, 0.1) is 0 Å². The highest BCUT2D eigenvalue weighted by molar-refractivity contribution is 6.31. The third-order valence-electron chi connectivity index (χ3n) is 6.01. The number of fused-ring (bicyclic) bond motifs is 4. The predicted molar refractivity (Wildman–Crippen MR) is 107 cm³/mol. The van der Waals surface area contributed by atoms with Crippen LogP contribution in [0.3, 0.4) is 0 Å². The molecule has 0 saturated carbocycles. The van der Waals surface area contributed by atoms with Crippen LogP contribution in [-0.2, 0) is 4.74 Å². The minimum atomic E-state index is 0.118. The molecule has 0 amide bonds. The van der Waals surface area contributed by atoms with Crippen LogP contribution < -0.4 is 15.3 Å². The number of hydrogen-bond acceptors (Lipinski definition) is 4. The van der Waals surface area contributed by atoms with Gasteiger partial charge in [-0.1, -0.05) is 18.5 Å². The third kappa shape index (κ3) is 2.67. The van der Waals surface area contributed by atoms with Crippen LogP contribution in [0.1, 0.15) is 26.2 Å². The summed E-state index contributed by atoms with van der Waals surface area (Å²) in [5, 5.41) is 4.14. The van der Waals surface area contributed by atoms with Crippen molar-refractivity contribution >= 4 is 40.7 Å². The second-order valence-electron chi connectivity index (χ2n) is 7.57. The summed E-state index contributed by atoms with van der Waals surface area (Å²) >= 11 is 6.26. The Bertz CT molecular complexity index is 973. The van der Waals surface area contributed by atoms with Crippen molar-refractivity contribution in [2.75, 3.05) is 31.1 Å². The van der Waals surface area contributed by atoms with Crippen LogP contribution in [0.4, 0.5) is 5.82 Å². The number of pyridine rings is 1. The Morgan fingerprint density at radius 3 is 3.04 bits per heavy atom. The number of rotatable bonds is 2. The van der Waals surface area contributed by atoms with Crippen LogP contribution in [-0.4, -0.2) is 48.2 Å². The first-order valence-electron chi connectivity index (χ1n) is 9.68. The van der Waals surface area contributed by atoms with Crippen molar-refractivity contribution in [3.63, 3.8) is 0 Å². The highest BCUT2D eigenvalue weighted by atomic mass is 35.5. The molecule has 5 rings (SSSR count). The summed E-state index contributed by atoms with van der Waals surface area (Å²) in [5.74, 6) is 1.11. The van der Waals surface area contributed by atoms with Crippen LogP contribution in [0.15, 0.2) is 18.2 Å². The Morgan fingerprint density at radius 1 is 1.23 bits per heavy atom. The normalized spacial score (nSPS) is 25.2. The van der Waals surface area contributed by atoms with Crippen molar-refractivity contribution in [2.45, 2.75) is 38.3 Å². The molecular formula is C21H24ClN3O. The van der Waals surface area contributed by atoms with Gasteiger partial charge in [0, 0.05) is 46.5 Å². The van der Waals surface area contributed by atoms with Gasteiger partial charge in [-0.15, -0.1) is 0 Å². The van der Waals surface area contributed by atoms with Gasteiger partial charge in [-0.25, -0.2) is 4.98 Å². The van der Waals surface area contributed by atoms with Crippen molar-refractivity contribution in [1.29, 1.82) is 0 Å². The van der Waals surface area contributed by atoms with E-state index in [0.717, 1.165) is 53.0 Å². The molecule has 4 nitrogen and oxygen atoms in total. The quantitative estimate of drug-likeness (QED) is 0.813. The summed E-state index contributed by atoms with van der Waals surface area (Å²) in [6.07, 6.45) is 7.87. The van der Waals surface area contributed by atoms with Gasteiger partial charge in [0.05, 0.1) is 11.8 Å². The molecule has 2 saturated heterocycles. The molecule has 26 heavy (non-hydrogen) atoms. The smallest absolute Gasteiger partial charge is 0.137 e. The number of hydrogen-bond donors (Lipinski definition) is 0. The van der Waals surface area contributed by atoms with Crippen LogP contribution in [0.2, 0.25) is 5.02 Å². The lowest BCUT2D eigenvalue weighted by Gasteiger charge is -2.38. The number of piperazine rings is 1. The van der Waals surface area contributed by atoms with Gasteiger partial charge in [0.25, 0.3) is 0 Å². The first-order chi connectivity index (χ1) is 12.7. The summed E-state index contributed by atoms with van der Waals surface area (Å²) < 4.78 is 5.94. The Morgan fingerprint density at radius 2 is 2.15 bits per heavy atom. The monoisotopic (exact) mass is 369 g/mol. The molecule has 0 spiro atoms.